The molecule has 0 radical (unpaired) electrons. The molecule has 0 fully saturated rings. The van der Waals surface area contributed by atoms with Crippen LogP contribution in [0.4, 0.5) is 0 Å². The average Bonchev–Trinajstić information content (AvgIpc) is 3.31. The summed E-state index contributed by atoms with van der Waals surface area (Å²) in [5.41, 5.74) is 0. The van der Waals surface area contributed by atoms with Crippen molar-refractivity contribution >= 4 is 51.4 Å². The fourth-order valence-electron chi connectivity index (χ4n) is 3.03. The lowest BCUT2D eigenvalue weighted by Gasteiger charge is -2.13. The average molecular weight is 527 g/mol. The van der Waals surface area contributed by atoms with Crippen molar-refractivity contribution in [2.45, 2.75) is 39.3 Å². The Bertz CT molecular complexity index is 874. The van der Waals surface area contributed by atoms with Gasteiger partial charge in [-0.05, 0) is 44.2 Å². The minimum Gasteiger partial charge on any atom is -0.386 e. The molecule has 3 rings (SSSR count). The Labute approximate surface area is 193 Å². The van der Waals surface area contributed by atoms with Gasteiger partial charge in [-0.1, -0.05) is 18.2 Å². The molecule has 0 aliphatic carbocycles. The van der Waals surface area contributed by atoms with Gasteiger partial charge in [-0.2, -0.15) is 0 Å². The molecule has 1 atom stereocenters. The molecular weight excluding hydrogens is 497 g/mol. The molecule has 0 bridgehead atoms. The van der Waals surface area contributed by atoms with Gasteiger partial charge in [0.15, 0.2) is 5.96 Å². The van der Waals surface area contributed by atoms with Gasteiger partial charge in [-0.15, -0.1) is 35.3 Å². The van der Waals surface area contributed by atoms with Gasteiger partial charge in [-0.25, -0.2) is 4.98 Å². The fourth-order valence-corrected chi connectivity index (χ4v) is 4.07. The Balaban J connectivity index is 0.00000300. The number of benzene rings is 1. The number of nitrogens with zero attached hydrogens (tertiary/aromatic N) is 3. The van der Waals surface area contributed by atoms with Gasteiger partial charge in [0.25, 0.3) is 0 Å². The largest absolute Gasteiger partial charge is 0.386 e. The van der Waals surface area contributed by atoms with E-state index in [2.05, 4.69) is 43.4 Å². The molecule has 0 saturated heterocycles. The van der Waals surface area contributed by atoms with Gasteiger partial charge in [0, 0.05) is 41.6 Å². The van der Waals surface area contributed by atoms with E-state index >= 15 is 0 Å². The van der Waals surface area contributed by atoms with E-state index in [0.29, 0.717) is 6.54 Å². The summed E-state index contributed by atoms with van der Waals surface area (Å²) in [6.45, 7) is 7.03. The first-order chi connectivity index (χ1) is 13.7. The normalized spacial score (nSPS) is 12.6. The summed E-state index contributed by atoms with van der Waals surface area (Å²) < 4.78 is 3.36. The van der Waals surface area contributed by atoms with Crippen molar-refractivity contribution in [3.05, 3.63) is 53.4 Å². The second-order valence-corrected chi connectivity index (χ2v) is 7.84. The summed E-state index contributed by atoms with van der Waals surface area (Å²) >= 11 is 1.63. The number of halogens is 1. The quantitative estimate of drug-likeness (QED) is 0.170. The van der Waals surface area contributed by atoms with E-state index in [1.54, 1.807) is 11.3 Å². The summed E-state index contributed by atoms with van der Waals surface area (Å²) in [6.07, 6.45) is 5.39. The van der Waals surface area contributed by atoms with Crippen LogP contribution in [0.1, 0.15) is 36.6 Å². The van der Waals surface area contributed by atoms with Gasteiger partial charge in [-0.3, -0.25) is 4.99 Å². The van der Waals surface area contributed by atoms with E-state index in [-0.39, 0.29) is 24.0 Å². The Morgan fingerprint density at radius 1 is 1.28 bits per heavy atom. The Hall–Kier alpha value is -1.65. The van der Waals surface area contributed by atoms with E-state index in [4.69, 9.17) is 0 Å². The lowest BCUT2D eigenvalue weighted by molar-refractivity contribution is 0.191. The molecular formula is C21H30IN5OS. The molecule has 1 aromatic carbocycles. The lowest BCUT2D eigenvalue weighted by Crippen LogP contribution is -2.38. The zero-order chi connectivity index (χ0) is 19.8. The SMILES string of the molecule is CCNC(=NCC(O)c1cc2ccccc2s1)NCCCCn1ccnc1C.I. The van der Waals surface area contributed by atoms with E-state index in [1.807, 2.05) is 38.4 Å². The number of nitrogens with one attached hydrogen (secondary N) is 2. The third kappa shape index (κ3) is 6.97. The Kier molecular flexibility index (Phi) is 9.89. The second kappa shape index (κ2) is 12.1. The third-order valence-electron chi connectivity index (χ3n) is 4.58. The highest BCUT2D eigenvalue weighted by atomic mass is 127. The van der Waals surface area contributed by atoms with Crippen molar-refractivity contribution in [3.8, 4) is 0 Å². The number of aliphatic hydroxyl groups excluding tert-OH is 1. The van der Waals surface area contributed by atoms with E-state index in [9.17, 15) is 5.11 Å². The van der Waals surface area contributed by atoms with E-state index in [0.717, 1.165) is 49.1 Å². The standard InChI is InChI=1S/C21H29N5OS.HI/c1-3-22-21(24-10-6-7-12-26-13-11-23-16(26)2)25-15-18(27)20-14-17-8-4-5-9-19(17)28-20;/h4-5,8-9,11,13-14,18,27H,3,6-7,10,12,15H2,1-2H3,(H2,22,24,25);1H. The molecule has 0 aliphatic heterocycles. The molecule has 0 spiro atoms. The van der Waals surface area contributed by atoms with Crippen LogP contribution < -0.4 is 10.6 Å². The van der Waals surface area contributed by atoms with Crippen LogP contribution in [0.3, 0.4) is 0 Å². The van der Waals surface area contributed by atoms with Crippen LogP contribution in [-0.4, -0.2) is 40.3 Å². The second-order valence-electron chi connectivity index (χ2n) is 6.72. The van der Waals surface area contributed by atoms with Crippen LogP contribution in [0, 0.1) is 6.92 Å². The highest BCUT2D eigenvalue weighted by molar-refractivity contribution is 14.0. The van der Waals surface area contributed by atoms with Crippen molar-refractivity contribution in [2.75, 3.05) is 19.6 Å². The molecule has 2 aromatic heterocycles. The molecule has 8 heteroatoms. The zero-order valence-corrected chi connectivity index (χ0v) is 20.1. The number of guanidine groups is 1. The summed E-state index contributed by atoms with van der Waals surface area (Å²) in [5.74, 6) is 1.81. The summed E-state index contributed by atoms with van der Waals surface area (Å²) in [6, 6.07) is 10.2. The smallest absolute Gasteiger partial charge is 0.191 e. The highest BCUT2D eigenvalue weighted by Gasteiger charge is 2.11. The number of fused-ring (bicyclic) bond motifs is 1. The van der Waals surface area contributed by atoms with Gasteiger partial charge < -0.3 is 20.3 Å². The molecule has 2 heterocycles. The monoisotopic (exact) mass is 527 g/mol. The molecule has 1 unspecified atom stereocenters. The summed E-state index contributed by atoms with van der Waals surface area (Å²) in [7, 11) is 0. The van der Waals surface area contributed by atoms with Gasteiger partial charge in [0.1, 0.15) is 11.9 Å². The maximum atomic E-state index is 10.5. The van der Waals surface area contributed by atoms with Crippen LogP contribution in [0.15, 0.2) is 47.7 Å². The van der Waals surface area contributed by atoms with Crippen LogP contribution in [0.2, 0.25) is 0 Å². The number of imidazole rings is 1. The molecule has 3 aromatic rings. The minimum absolute atomic E-state index is 0. The van der Waals surface area contributed by atoms with E-state index < -0.39 is 6.10 Å². The van der Waals surface area contributed by atoms with Gasteiger partial charge >= 0.3 is 0 Å². The van der Waals surface area contributed by atoms with Crippen molar-refractivity contribution in [1.29, 1.82) is 0 Å². The highest BCUT2D eigenvalue weighted by Crippen LogP contribution is 2.29. The van der Waals surface area contributed by atoms with Crippen LogP contribution >= 0.6 is 35.3 Å². The van der Waals surface area contributed by atoms with Crippen molar-refractivity contribution in [1.82, 2.24) is 20.2 Å². The molecule has 29 heavy (non-hydrogen) atoms. The molecule has 3 N–H and O–H groups in total. The maximum absolute atomic E-state index is 10.5. The first kappa shape index (κ1) is 23.6. The third-order valence-corrected chi connectivity index (χ3v) is 5.80. The summed E-state index contributed by atoms with van der Waals surface area (Å²) in [4.78, 5) is 9.76. The zero-order valence-electron chi connectivity index (χ0n) is 17.0. The molecule has 0 aliphatic rings. The fraction of sp³-hybridized carbons (Fsp3) is 0.429. The van der Waals surface area contributed by atoms with Crippen LogP contribution in [-0.2, 0) is 6.54 Å². The number of aryl methyl sites for hydroxylation is 2. The molecule has 0 amide bonds. The van der Waals surface area contributed by atoms with E-state index in [1.165, 1.54) is 10.1 Å². The maximum Gasteiger partial charge on any atom is 0.191 e. The molecule has 6 nitrogen and oxygen atoms in total. The predicted molar refractivity (Wildman–Crippen MR) is 132 cm³/mol. The van der Waals surface area contributed by atoms with Crippen molar-refractivity contribution in [3.63, 3.8) is 0 Å². The van der Waals surface area contributed by atoms with Crippen LogP contribution in [0.5, 0.6) is 0 Å². The molecule has 0 saturated carbocycles. The lowest BCUT2D eigenvalue weighted by atomic mass is 10.2. The van der Waals surface area contributed by atoms with Crippen molar-refractivity contribution < 1.29 is 5.11 Å². The number of hydrogen-bond donors (Lipinski definition) is 3. The first-order valence-electron chi connectivity index (χ1n) is 9.84. The van der Waals surface area contributed by atoms with Crippen LogP contribution in [0.25, 0.3) is 10.1 Å². The number of thiophene rings is 1. The number of rotatable bonds is 9. The van der Waals surface area contributed by atoms with Crippen molar-refractivity contribution in [2.24, 2.45) is 4.99 Å². The topological polar surface area (TPSA) is 74.5 Å². The predicted octanol–water partition coefficient (Wildman–Crippen LogP) is 4.09. The van der Waals surface area contributed by atoms with Gasteiger partial charge in [0.05, 0.1) is 6.54 Å². The Morgan fingerprint density at radius 2 is 2.10 bits per heavy atom. The number of aliphatic hydroxyl groups is 1. The number of unbranched alkanes of at least 4 members (excludes halogenated alkanes) is 1. The van der Waals surface area contributed by atoms with Gasteiger partial charge in [0.2, 0.25) is 0 Å². The Morgan fingerprint density at radius 3 is 2.83 bits per heavy atom. The summed E-state index contributed by atoms with van der Waals surface area (Å²) in [5, 5.41) is 18.3. The minimum atomic E-state index is -0.586. The number of aliphatic imine (C=N–C) groups is 1. The molecule has 158 valence electrons. The number of hydrogen-bond acceptors (Lipinski definition) is 4. The first-order valence-corrected chi connectivity index (χ1v) is 10.7. The number of aromatic nitrogens is 2.